The number of anilines is 1. The van der Waals surface area contributed by atoms with Crippen molar-refractivity contribution >= 4 is 33.0 Å². The third-order valence-corrected chi connectivity index (χ3v) is 7.25. The van der Waals surface area contributed by atoms with Gasteiger partial charge in [-0.2, -0.15) is 8.42 Å². The van der Waals surface area contributed by atoms with Crippen LogP contribution in [0.2, 0.25) is 0 Å². The third-order valence-electron chi connectivity index (χ3n) is 4.67. The molecule has 1 aromatic heterocycles. The molecule has 168 valence electrons. The minimum atomic E-state index is -4.21. The number of nitrogens with one attached hydrogen (secondary N) is 1. The van der Waals surface area contributed by atoms with Crippen LogP contribution in [0.25, 0.3) is 21.0 Å². The Hall–Kier alpha value is -3.76. The van der Waals surface area contributed by atoms with E-state index in [0.717, 1.165) is 11.3 Å². The van der Waals surface area contributed by atoms with Crippen LogP contribution in [0.1, 0.15) is 10.4 Å². The van der Waals surface area contributed by atoms with Crippen LogP contribution in [0, 0.1) is 5.82 Å². The van der Waals surface area contributed by atoms with E-state index >= 15 is 0 Å². The predicted octanol–water partition coefficient (Wildman–Crippen LogP) is 5.12. The smallest absolute Gasteiger partial charge is 0.335 e. The lowest BCUT2D eigenvalue weighted by Crippen LogP contribution is -2.15. The Bertz CT molecular complexity index is 1420. The molecule has 1 heterocycles. The number of hydrogen-bond donors (Lipinski definition) is 2. The fourth-order valence-corrected chi connectivity index (χ4v) is 5.69. The number of carbonyl (C=O) groups is 1. The van der Waals surface area contributed by atoms with Gasteiger partial charge in [0, 0.05) is 5.56 Å². The third kappa shape index (κ3) is 4.71. The van der Waals surface area contributed by atoms with Crippen molar-refractivity contribution in [3.05, 3.63) is 84.2 Å². The minimum absolute atomic E-state index is 0.0490. The van der Waals surface area contributed by atoms with E-state index in [1.807, 2.05) is 6.07 Å². The molecular weight excluding hydrogens is 467 g/mol. The summed E-state index contributed by atoms with van der Waals surface area (Å²) in [6, 6.07) is 18.3. The van der Waals surface area contributed by atoms with Crippen LogP contribution in [-0.2, 0) is 10.0 Å². The average Bonchev–Trinajstić information content (AvgIpc) is 3.27. The second-order valence-corrected chi connectivity index (χ2v) is 9.45. The van der Waals surface area contributed by atoms with Crippen molar-refractivity contribution in [3.63, 3.8) is 0 Å². The van der Waals surface area contributed by atoms with Crippen molar-refractivity contribution in [1.29, 1.82) is 0 Å². The second kappa shape index (κ2) is 9.00. The topological polar surface area (TPSA) is 106 Å². The molecule has 0 bridgehead atoms. The van der Waals surface area contributed by atoms with Gasteiger partial charge < -0.3 is 9.84 Å². The highest BCUT2D eigenvalue weighted by molar-refractivity contribution is 7.93. The second-order valence-electron chi connectivity index (χ2n) is 6.85. The summed E-state index contributed by atoms with van der Waals surface area (Å²) in [6.07, 6.45) is 0. The van der Waals surface area contributed by atoms with E-state index in [1.54, 1.807) is 24.3 Å². The highest BCUT2D eigenvalue weighted by Crippen LogP contribution is 2.39. The largest absolute Gasteiger partial charge is 0.495 e. The van der Waals surface area contributed by atoms with Gasteiger partial charge in [-0.1, -0.05) is 30.3 Å². The van der Waals surface area contributed by atoms with Crippen molar-refractivity contribution in [2.24, 2.45) is 0 Å². The number of rotatable bonds is 7. The number of thiazole rings is 1. The molecule has 33 heavy (non-hydrogen) atoms. The molecule has 7 nitrogen and oxygen atoms in total. The van der Waals surface area contributed by atoms with E-state index < -0.39 is 21.8 Å². The normalized spacial score (nSPS) is 11.2. The van der Waals surface area contributed by atoms with Gasteiger partial charge >= 0.3 is 5.97 Å². The molecule has 0 aliphatic carbocycles. The molecule has 0 radical (unpaired) electrons. The maximum atomic E-state index is 13.4. The highest BCUT2D eigenvalue weighted by atomic mass is 32.2. The number of hydrogen-bond acceptors (Lipinski definition) is 6. The molecule has 2 N–H and O–H groups in total. The lowest BCUT2D eigenvalue weighted by Gasteiger charge is -2.12. The van der Waals surface area contributed by atoms with Gasteiger partial charge in [0.05, 0.1) is 23.2 Å². The molecule has 3 aromatic carbocycles. The fraction of sp³-hybridized carbons (Fsp3) is 0.0435. The Morgan fingerprint density at radius 2 is 1.73 bits per heavy atom. The number of benzene rings is 3. The molecule has 0 aliphatic heterocycles. The standard InChI is InChI=1S/C23H17FN2O5S2/c1-31-19-13-16(23(27)28)9-12-18(19)26-33(29,30)22-20(14-5-3-2-4-6-14)32-21(25-22)15-7-10-17(24)11-8-15/h2-13,26H,1H3,(H,27,28). The molecule has 0 fully saturated rings. The van der Waals surface area contributed by atoms with E-state index in [9.17, 15) is 22.7 Å². The molecule has 0 atom stereocenters. The Labute approximate surface area is 193 Å². The molecule has 4 rings (SSSR count). The van der Waals surface area contributed by atoms with Crippen molar-refractivity contribution in [2.45, 2.75) is 5.03 Å². The summed E-state index contributed by atoms with van der Waals surface area (Å²) in [5.74, 6) is -1.53. The first-order chi connectivity index (χ1) is 15.8. The fourth-order valence-electron chi connectivity index (χ4n) is 3.08. The van der Waals surface area contributed by atoms with Gasteiger partial charge in [0.2, 0.25) is 0 Å². The maximum absolute atomic E-state index is 13.4. The van der Waals surface area contributed by atoms with Gasteiger partial charge in [0.1, 0.15) is 16.6 Å². The Kier molecular flexibility index (Phi) is 6.12. The number of nitrogens with zero attached hydrogens (tertiary/aromatic N) is 1. The zero-order valence-corrected chi connectivity index (χ0v) is 18.8. The van der Waals surface area contributed by atoms with Crippen molar-refractivity contribution in [1.82, 2.24) is 4.98 Å². The lowest BCUT2D eigenvalue weighted by atomic mass is 10.2. The van der Waals surface area contributed by atoms with Crippen LogP contribution in [0.5, 0.6) is 5.75 Å². The van der Waals surface area contributed by atoms with Crippen LogP contribution in [-0.4, -0.2) is 31.6 Å². The Morgan fingerprint density at radius 3 is 2.36 bits per heavy atom. The Morgan fingerprint density at radius 1 is 1.03 bits per heavy atom. The summed E-state index contributed by atoms with van der Waals surface area (Å²) < 4.78 is 47.7. The SMILES string of the molecule is COc1cc(C(=O)O)ccc1NS(=O)(=O)c1nc(-c2ccc(F)cc2)sc1-c1ccccc1. The molecule has 4 aromatic rings. The first kappa shape index (κ1) is 22.4. The highest BCUT2D eigenvalue weighted by Gasteiger charge is 2.27. The number of carboxylic acids is 1. The van der Waals surface area contributed by atoms with Crippen molar-refractivity contribution in [3.8, 4) is 26.8 Å². The number of sulfonamides is 1. The van der Waals surface area contributed by atoms with Crippen LogP contribution >= 0.6 is 11.3 Å². The van der Waals surface area contributed by atoms with Crippen LogP contribution in [0.3, 0.4) is 0 Å². The number of aromatic carboxylic acids is 1. The van der Waals surface area contributed by atoms with E-state index in [1.165, 1.54) is 49.6 Å². The maximum Gasteiger partial charge on any atom is 0.335 e. The number of ether oxygens (including phenoxy) is 1. The summed E-state index contributed by atoms with van der Waals surface area (Å²) in [5.41, 5.74) is 1.24. The number of halogens is 1. The van der Waals surface area contributed by atoms with Crippen LogP contribution in [0.4, 0.5) is 10.1 Å². The molecule has 0 aliphatic rings. The number of methoxy groups -OCH3 is 1. The van der Waals surface area contributed by atoms with Gasteiger partial charge in [0.15, 0.2) is 5.03 Å². The van der Waals surface area contributed by atoms with Gasteiger partial charge in [-0.15, -0.1) is 11.3 Å². The summed E-state index contributed by atoms with van der Waals surface area (Å²) >= 11 is 1.16. The molecular formula is C23H17FN2O5S2. The van der Waals surface area contributed by atoms with Crippen LogP contribution in [0.15, 0.2) is 77.8 Å². The average molecular weight is 485 g/mol. The van der Waals surface area contributed by atoms with Gasteiger partial charge in [-0.05, 0) is 48.0 Å². The Balaban J connectivity index is 1.81. The zero-order valence-electron chi connectivity index (χ0n) is 17.2. The zero-order chi connectivity index (χ0) is 23.6. The van der Waals surface area contributed by atoms with E-state index in [0.29, 0.717) is 21.0 Å². The van der Waals surface area contributed by atoms with Gasteiger partial charge in [-0.3, -0.25) is 4.72 Å². The summed E-state index contributed by atoms with van der Waals surface area (Å²) in [7, 11) is -2.90. The molecule has 0 unspecified atom stereocenters. The van der Waals surface area contributed by atoms with Crippen LogP contribution < -0.4 is 9.46 Å². The van der Waals surface area contributed by atoms with E-state index in [4.69, 9.17) is 4.74 Å². The minimum Gasteiger partial charge on any atom is -0.495 e. The van der Waals surface area contributed by atoms with Crippen molar-refractivity contribution in [2.75, 3.05) is 11.8 Å². The number of aromatic nitrogens is 1. The summed E-state index contributed by atoms with van der Waals surface area (Å²) in [4.78, 5) is 16.0. The van der Waals surface area contributed by atoms with E-state index in [2.05, 4.69) is 9.71 Å². The first-order valence-electron chi connectivity index (χ1n) is 9.55. The summed E-state index contributed by atoms with van der Waals surface area (Å²) in [6.45, 7) is 0. The number of carboxylic acid groups (broad SMARTS) is 1. The predicted molar refractivity (Wildman–Crippen MR) is 124 cm³/mol. The first-order valence-corrected chi connectivity index (χ1v) is 11.8. The lowest BCUT2D eigenvalue weighted by molar-refractivity contribution is 0.0696. The van der Waals surface area contributed by atoms with E-state index in [-0.39, 0.29) is 22.0 Å². The van der Waals surface area contributed by atoms with Gasteiger partial charge in [-0.25, -0.2) is 14.2 Å². The molecule has 0 spiro atoms. The molecule has 0 saturated heterocycles. The molecule has 10 heteroatoms. The monoisotopic (exact) mass is 484 g/mol. The molecule has 0 saturated carbocycles. The summed E-state index contributed by atoms with van der Waals surface area (Å²) in [5, 5.41) is 9.37. The van der Waals surface area contributed by atoms with Gasteiger partial charge in [0.25, 0.3) is 10.0 Å². The quantitative estimate of drug-likeness (QED) is 0.377. The molecule has 0 amide bonds. The van der Waals surface area contributed by atoms with Crippen molar-refractivity contribution < 1.29 is 27.4 Å².